The Balaban J connectivity index is 2.63. The third-order valence-corrected chi connectivity index (χ3v) is 2.26. The summed E-state index contributed by atoms with van der Waals surface area (Å²) in [6, 6.07) is 1.83. The third kappa shape index (κ3) is 5.31. The van der Waals surface area contributed by atoms with Crippen LogP contribution in [0.5, 0.6) is 5.88 Å². The maximum absolute atomic E-state index is 5.57. The van der Waals surface area contributed by atoms with Crippen LogP contribution in [-0.4, -0.2) is 36.3 Å². The van der Waals surface area contributed by atoms with E-state index in [4.69, 9.17) is 9.47 Å². The fraction of sp³-hybridized carbons (Fsp3) is 0.692. The smallest absolute Gasteiger partial charge is 0.218 e. The van der Waals surface area contributed by atoms with Crippen molar-refractivity contribution in [3.8, 4) is 5.88 Å². The van der Waals surface area contributed by atoms with Gasteiger partial charge in [-0.2, -0.15) is 4.98 Å². The highest BCUT2D eigenvalue weighted by Gasteiger charge is 2.04. The summed E-state index contributed by atoms with van der Waals surface area (Å²) in [7, 11) is 0. The van der Waals surface area contributed by atoms with Gasteiger partial charge in [0, 0.05) is 25.6 Å². The third-order valence-electron chi connectivity index (χ3n) is 2.26. The molecule has 0 aromatic carbocycles. The predicted octanol–water partition coefficient (Wildman–Crippen LogP) is 2.28. The average Bonchev–Trinajstić information content (AvgIpc) is 2.35. The first-order valence-electron chi connectivity index (χ1n) is 6.62. The van der Waals surface area contributed by atoms with E-state index in [-0.39, 0.29) is 0 Å². The van der Waals surface area contributed by atoms with E-state index >= 15 is 0 Å². The van der Waals surface area contributed by atoms with E-state index in [0.29, 0.717) is 25.7 Å². The molecular formula is C13H23N3O2. The van der Waals surface area contributed by atoms with Crippen molar-refractivity contribution in [2.75, 3.05) is 31.7 Å². The lowest BCUT2D eigenvalue weighted by molar-refractivity contribution is 0.108. The number of nitrogens with one attached hydrogen (secondary N) is 1. The molecule has 5 heteroatoms. The minimum absolute atomic E-state index is 0.516. The highest BCUT2D eigenvalue weighted by Crippen LogP contribution is 2.14. The van der Waals surface area contributed by atoms with Crippen molar-refractivity contribution in [1.29, 1.82) is 0 Å². The maximum atomic E-state index is 5.57. The molecule has 0 atom stereocenters. The molecule has 102 valence electrons. The van der Waals surface area contributed by atoms with Gasteiger partial charge in [0.1, 0.15) is 18.2 Å². The van der Waals surface area contributed by atoms with E-state index in [1.54, 1.807) is 0 Å². The number of hydrogen-bond donors (Lipinski definition) is 1. The van der Waals surface area contributed by atoms with Crippen LogP contribution in [-0.2, 0) is 11.2 Å². The standard InChI is InChI=1S/C13H23N3O2/c1-4-7-11-15-12(14-5-2)10-13(16-11)18-9-8-17-6-3/h10H,4-9H2,1-3H3,(H,14,15,16). The van der Waals surface area contributed by atoms with E-state index in [2.05, 4.69) is 22.2 Å². The second kappa shape index (κ2) is 8.69. The zero-order chi connectivity index (χ0) is 13.2. The number of rotatable bonds is 9. The Morgan fingerprint density at radius 1 is 1.17 bits per heavy atom. The van der Waals surface area contributed by atoms with Crippen LogP contribution in [0.3, 0.4) is 0 Å². The second-order valence-electron chi connectivity index (χ2n) is 3.83. The number of nitrogens with zero attached hydrogens (tertiary/aromatic N) is 2. The molecule has 0 aliphatic heterocycles. The molecule has 1 heterocycles. The molecular weight excluding hydrogens is 230 g/mol. The van der Waals surface area contributed by atoms with Gasteiger partial charge < -0.3 is 14.8 Å². The highest BCUT2D eigenvalue weighted by atomic mass is 16.5. The van der Waals surface area contributed by atoms with Crippen molar-refractivity contribution in [2.45, 2.75) is 33.6 Å². The van der Waals surface area contributed by atoms with Crippen LogP contribution in [0.1, 0.15) is 33.0 Å². The van der Waals surface area contributed by atoms with E-state index in [1.165, 1.54) is 0 Å². The zero-order valence-corrected chi connectivity index (χ0v) is 11.5. The number of hydrogen-bond acceptors (Lipinski definition) is 5. The summed E-state index contributed by atoms with van der Waals surface area (Å²) in [5, 5.41) is 3.19. The van der Waals surface area contributed by atoms with E-state index in [1.807, 2.05) is 19.9 Å². The van der Waals surface area contributed by atoms with E-state index < -0.39 is 0 Å². The average molecular weight is 253 g/mol. The molecule has 0 unspecified atom stereocenters. The van der Waals surface area contributed by atoms with Crippen LogP contribution in [0.4, 0.5) is 5.82 Å². The Morgan fingerprint density at radius 2 is 2.00 bits per heavy atom. The summed E-state index contributed by atoms with van der Waals surface area (Å²) in [6.45, 7) is 8.75. The lowest BCUT2D eigenvalue weighted by atomic mass is 10.3. The summed E-state index contributed by atoms with van der Waals surface area (Å²) in [5.74, 6) is 2.26. The van der Waals surface area contributed by atoms with E-state index in [0.717, 1.165) is 31.0 Å². The van der Waals surface area contributed by atoms with Crippen LogP contribution in [0.2, 0.25) is 0 Å². The van der Waals surface area contributed by atoms with Gasteiger partial charge in [-0.05, 0) is 20.3 Å². The molecule has 0 fully saturated rings. The molecule has 0 aliphatic rings. The molecule has 1 aromatic heterocycles. The number of aromatic nitrogens is 2. The van der Waals surface area contributed by atoms with Crippen LogP contribution >= 0.6 is 0 Å². The van der Waals surface area contributed by atoms with Crippen molar-refractivity contribution in [2.24, 2.45) is 0 Å². The predicted molar refractivity (Wildman–Crippen MR) is 72.2 cm³/mol. The molecule has 0 saturated heterocycles. The fourth-order valence-electron chi connectivity index (χ4n) is 1.50. The topological polar surface area (TPSA) is 56.3 Å². The molecule has 0 saturated carbocycles. The first-order chi connectivity index (χ1) is 8.80. The summed E-state index contributed by atoms with van der Waals surface area (Å²) >= 11 is 0. The normalized spacial score (nSPS) is 10.4. The quantitative estimate of drug-likeness (QED) is 0.684. The molecule has 18 heavy (non-hydrogen) atoms. The first-order valence-corrected chi connectivity index (χ1v) is 6.62. The van der Waals surface area contributed by atoms with Crippen LogP contribution < -0.4 is 10.1 Å². The van der Waals surface area contributed by atoms with Crippen molar-refractivity contribution in [3.63, 3.8) is 0 Å². The Bertz CT molecular complexity index is 321. The monoisotopic (exact) mass is 253 g/mol. The molecule has 1 N–H and O–H groups in total. The molecule has 5 nitrogen and oxygen atoms in total. The highest BCUT2D eigenvalue weighted by molar-refractivity contribution is 5.38. The molecule has 0 amide bonds. The first kappa shape index (κ1) is 14.7. The Kier molecular flexibility index (Phi) is 7.10. The molecule has 0 bridgehead atoms. The Hall–Kier alpha value is -1.36. The van der Waals surface area contributed by atoms with Crippen LogP contribution in [0.15, 0.2) is 6.07 Å². The molecule has 1 rings (SSSR count). The zero-order valence-electron chi connectivity index (χ0n) is 11.5. The molecule has 1 aromatic rings. The largest absolute Gasteiger partial charge is 0.475 e. The van der Waals surface area contributed by atoms with Crippen LogP contribution in [0.25, 0.3) is 0 Å². The Morgan fingerprint density at radius 3 is 2.67 bits per heavy atom. The summed E-state index contributed by atoms with van der Waals surface area (Å²) in [6.07, 6.45) is 1.88. The minimum Gasteiger partial charge on any atom is -0.475 e. The van der Waals surface area contributed by atoms with Crippen molar-refractivity contribution < 1.29 is 9.47 Å². The maximum Gasteiger partial charge on any atom is 0.218 e. The molecule has 0 aliphatic carbocycles. The number of ether oxygens (including phenoxy) is 2. The second-order valence-corrected chi connectivity index (χ2v) is 3.83. The van der Waals surface area contributed by atoms with Gasteiger partial charge in [0.2, 0.25) is 5.88 Å². The van der Waals surface area contributed by atoms with Crippen molar-refractivity contribution >= 4 is 5.82 Å². The van der Waals surface area contributed by atoms with E-state index in [9.17, 15) is 0 Å². The van der Waals surface area contributed by atoms with Gasteiger partial charge in [-0.25, -0.2) is 4.98 Å². The van der Waals surface area contributed by atoms with Crippen molar-refractivity contribution in [1.82, 2.24) is 9.97 Å². The lowest BCUT2D eigenvalue weighted by Gasteiger charge is -2.09. The van der Waals surface area contributed by atoms with Gasteiger partial charge in [0.15, 0.2) is 0 Å². The Labute approximate surface area is 109 Å². The minimum atomic E-state index is 0.516. The summed E-state index contributed by atoms with van der Waals surface area (Å²) < 4.78 is 10.8. The van der Waals surface area contributed by atoms with Gasteiger partial charge in [-0.3, -0.25) is 0 Å². The summed E-state index contributed by atoms with van der Waals surface area (Å²) in [4.78, 5) is 8.80. The molecule has 0 spiro atoms. The summed E-state index contributed by atoms with van der Waals surface area (Å²) in [5.41, 5.74) is 0. The van der Waals surface area contributed by atoms with Gasteiger partial charge in [0.25, 0.3) is 0 Å². The van der Waals surface area contributed by atoms with Gasteiger partial charge in [-0.1, -0.05) is 6.92 Å². The van der Waals surface area contributed by atoms with Gasteiger partial charge >= 0.3 is 0 Å². The molecule has 0 radical (unpaired) electrons. The SMILES string of the molecule is CCCc1nc(NCC)cc(OCCOCC)n1. The van der Waals surface area contributed by atoms with Crippen LogP contribution in [0, 0.1) is 0 Å². The van der Waals surface area contributed by atoms with Crippen molar-refractivity contribution in [3.05, 3.63) is 11.9 Å². The fourth-order valence-corrected chi connectivity index (χ4v) is 1.50. The number of aryl methyl sites for hydroxylation is 1. The number of anilines is 1. The lowest BCUT2D eigenvalue weighted by Crippen LogP contribution is -2.10. The van der Waals surface area contributed by atoms with Gasteiger partial charge in [0.05, 0.1) is 6.61 Å². The van der Waals surface area contributed by atoms with Gasteiger partial charge in [-0.15, -0.1) is 0 Å².